The van der Waals surface area contributed by atoms with Crippen molar-refractivity contribution < 1.29 is 24.0 Å². The predicted molar refractivity (Wildman–Crippen MR) is 73.6 cm³/mol. The highest BCUT2D eigenvalue weighted by Gasteiger charge is 2.15. The fraction of sp³-hybridized carbons (Fsp3) is 0.231. The second-order valence-corrected chi connectivity index (χ2v) is 3.96. The summed E-state index contributed by atoms with van der Waals surface area (Å²) in [6.07, 6.45) is 0.933. The molecule has 0 spiro atoms. The van der Waals surface area contributed by atoms with Crippen LogP contribution in [-0.2, 0) is 19.1 Å². The van der Waals surface area contributed by atoms with Crippen LogP contribution in [0, 0.1) is 17.0 Å². The molecule has 8 nitrogen and oxygen atoms in total. The second kappa shape index (κ2) is 7.04. The molecule has 0 amide bonds. The van der Waals surface area contributed by atoms with Crippen molar-refractivity contribution in [3.05, 3.63) is 45.6 Å². The average Bonchev–Trinajstić information content (AvgIpc) is 2.45. The topological polar surface area (TPSA) is 108 Å². The number of benzene rings is 1. The molecule has 1 rings (SSSR count). The number of nitro benzene ring substituents is 1. The lowest BCUT2D eigenvalue weighted by Gasteiger charge is -2.09. The minimum absolute atomic E-state index is 0.0443. The summed E-state index contributed by atoms with van der Waals surface area (Å²) in [6.45, 7) is 1.56. The maximum absolute atomic E-state index is 11.6. The third-order valence-electron chi connectivity index (χ3n) is 2.54. The standard InChI is InChI=1S/C13H14N2O6/c1-8-6-9(4-5-11(8)15(18)19)14-10(13(17)21-3)7-12(16)20-2/h4-7,14H,1-3H3/b10-7+. The number of nitrogens with zero attached hydrogens (tertiary/aromatic N) is 1. The van der Waals surface area contributed by atoms with E-state index in [0.29, 0.717) is 11.3 Å². The van der Waals surface area contributed by atoms with Crippen molar-refractivity contribution >= 4 is 23.3 Å². The maximum Gasteiger partial charge on any atom is 0.354 e. The van der Waals surface area contributed by atoms with Gasteiger partial charge < -0.3 is 14.8 Å². The Kier molecular flexibility index (Phi) is 5.41. The predicted octanol–water partition coefficient (Wildman–Crippen LogP) is 1.55. The number of nitrogens with one attached hydrogen (secondary N) is 1. The molecule has 1 aromatic rings. The van der Waals surface area contributed by atoms with Crippen LogP contribution in [-0.4, -0.2) is 31.1 Å². The van der Waals surface area contributed by atoms with E-state index in [9.17, 15) is 19.7 Å². The average molecular weight is 294 g/mol. The van der Waals surface area contributed by atoms with Gasteiger partial charge in [-0.1, -0.05) is 0 Å². The van der Waals surface area contributed by atoms with Crippen molar-refractivity contribution in [1.29, 1.82) is 0 Å². The summed E-state index contributed by atoms with van der Waals surface area (Å²) in [4.78, 5) is 33.0. The number of hydrogen-bond acceptors (Lipinski definition) is 7. The monoisotopic (exact) mass is 294 g/mol. The maximum atomic E-state index is 11.6. The van der Waals surface area contributed by atoms with Crippen LogP contribution in [0.2, 0.25) is 0 Å². The summed E-state index contributed by atoms with van der Waals surface area (Å²) < 4.78 is 8.97. The molecule has 0 unspecified atom stereocenters. The molecule has 0 atom stereocenters. The van der Waals surface area contributed by atoms with Crippen LogP contribution < -0.4 is 5.32 Å². The van der Waals surface area contributed by atoms with E-state index in [0.717, 1.165) is 13.2 Å². The van der Waals surface area contributed by atoms with Crippen molar-refractivity contribution in [2.75, 3.05) is 19.5 Å². The molecule has 0 aliphatic heterocycles. The van der Waals surface area contributed by atoms with Crippen LogP contribution in [0.25, 0.3) is 0 Å². The molecule has 112 valence electrons. The Balaban J connectivity index is 3.07. The molecule has 0 aromatic heterocycles. The van der Waals surface area contributed by atoms with Crippen molar-refractivity contribution in [3.63, 3.8) is 0 Å². The summed E-state index contributed by atoms with van der Waals surface area (Å²) >= 11 is 0. The van der Waals surface area contributed by atoms with E-state index in [2.05, 4.69) is 14.8 Å². The number of anilines is 1. The van der Waals surface area contributed by atoms with E-state index >= 15 is 0 Å². The summed E-state index contributed by atoms with van der Waals surface area (Å²) in [5.74, 6) is -1.50. The molecular weight excluding hydrogens is 280 g/mol. The molecule has 0 heterocycles. The summed E-state index contributed by atoms with van der Waals surface area (Å²) in [7, 11) is 2.33. The third kappa shape index (κ3) is 4.30. The van der Waals surface area contributed by atoms with Gasteiger partial charge in [-0.25, -0.2) is 9.59 Å². The van der Waals surface area contributed by atoms with E-state index in [1.54, 1.807) is 6.92 Å². The molecule has 1 aromatic carbocycles. The SMILES string of the molecule is COC(=O)/C=C(/Nc1ccc([N+](=O)[O-])c(C)c1)C(=O)OC. The Morgan fingerprint density at radius 3 is 2.43 bits per heavy atom. The Morgan fingerprint density at radius 1 is 1.29 bits per heavy atom. The fourth-order valence-corrected chi connectivity index (χ4v) is 1.53. The van der Waals surface area contributed by atoms with Gasteiger partial charge in [0.2, 0.25) is 0 Å². The quantitative estimate of drug-likeness (QED) is 0.380. The Hall–Kier alpha value is -2.90. The van der Waals surface area contributed by atoms with Crippen LogP contribution in [0.1, 0.15) is 5.56 Å². The van der Waals surface area contributed by atoms with Crippen molar-refractivity contribution in [2.45, 2.75) is 6.92 Å². The first kappa shape index (κ1) is 16.2. The molecule has 1 N–H and O–H groups in total. The molecule has 0 fully saturated rings. The van der Waals surface area contributed by atoms with Crippen molar-refractivity contribution in [1.82, 2.24) is 0 Å². The highest BCUT2D eigenvalue weighted by Crippen LogP contribution is 2.22. The first-order chi connectivity index (χ1) is 9.88. The normalized spacial score (nSPS) is 10.7. The van der Waals surface area contributed by atoms with Crippen molar-refractivity contribution in [2.24, 2.45) is 0 Å². The Bertz CT molecular complexity index is 609. The number of rotatable bonds is 5. The zero-order valence-electron chi connectivity index (χ0n) is 11.7. The van der Waals surface area contributed by atoms with Gasteiger partial charge in [0.05, 0.1) is 25.2 Å². The van der Waals surface area contributed by atoms with Gasteiger partial charge >= 0.3 is 11.9 Å². The number of ether oxygens (including phenoxy) is 2. The molecule has 8 heteroatoms. The minimum atomic E-state index is -0.767. The van der Waals surface area contributed by atoms with Gasteiger partial charge in [-0.2, -0.15) is 0 Å². The highest BCUT2D eigenvalue weighted by molar-refractivity contribution is 5.98. The molecule has 0 bridgehead atoms. The lowest BCUT2D eigenvalue weighted by molar-refractivity contribution is -0.385. The van der Waals surface area contributed by atoms with Crippen molar-refractivity contribution in [3.8, 4) is 0 Å². The van der Waals surface area contributed by atoms with Gasteiger partial charge in [0.15, 0.2) is 0 Å². The Labute approximate surface area is 120 Å². The van der Waals surface area contributed by atoms with Gasteiger partial charge in [0.25, 0.3) is 5.69 Å². The Morgan fingerprint density at radius 2 is 1.95 bits per heavy atom. The smallest absolute Gasteiger partial charge is 0.354 e. The number of carbonyl (C=O) groups excluding carboxylic acids is 2. The van der Waals surface area contributed by atoms with Crippen LogP contribution in [0.15, 0.2) is 30.0 Å². The van der Waals surface area contributed by atoms with E-state index < -0.39 is 16.9 Å². The van der Waals surface area contributed by atoms with Crippen LogP contribution in [0.4, 0.5) is 11.4 Å². The van der Waals surface area contributed by atoms with Gasteiger partial charge in [-0.15, -0.1) is 0 Å². The first-order valence-electron chi connectivity index (χ1n) is 5.79. The van der Waals surface area contributed by atoms with Crippen LogP contribution in [0.5, 0.6) is 0 Å². The lowest BCUT2D eigenvalue weighted by Crippen LogP contribution is -2.15. The number of carbonyl (C=O) groups is 2. The van der Waals surface area contributed by atoms with Gasteiger partial charge in [-0.05, 0) is 19.1 Å². The molecule has 0 saturated carbocycles. The van der Waals surface area contributed by atoms with Gasteiger partial charge in [-0.3, -0.25) is 10.1 Å². The van der Waals surface area contributed by atoms with Crippen LogP contribution >= 0.6 is 0 Å². The highest BCUT2D eigenvalue weighted by atomic mass is 16.6. The summed E-state index contributed by atoms with van der Waals surface area (Å²) in [5, 5.41) is 13.4. The third-order valence-corrected chi connectivity index (χ3v) is 2.54. The molecule has 0 radical (unpaired) electrons. The van der Waals surface area contributed by atoms with Gasteiger partial charge in [0, 0.05) is 17.3 Å². The molecule has 0 aliphatic carbocycles. The summed E-state index contributed by atoms with van der Waals surface area (Å²) in [5.41, 5.74) is 0.626. The van der Waals surface area contributed by atoms with E-state index in [4.69, 9.17) is 0 Å². The number of aryl methyl sites for hydroxylation is 1. The van der Waals surface area contributed by atoms with E-state index in [-0.39, 0.29) is 11.4 Å². The van der Waals surface area contributed by atoms with E-state index in [1.807, 2.05) is 0 Å². The lowest BCUT2D eigenvalue weighted by atomic mass is 10.2. The minimum Gasteiger partial charge on any atom is -0.466 e. The molecule has 0 saturated heterocycles. The zero-order valence-corrected chi connectivity index (χ0v) is 11.7. The largest absolute Gasteiger partial charge is 0.466 e. The molecule has 0 aliphatic rings. The summed E-state index contributed by atoms with van der Waals surface area (Å²) in [6, 6.07) is 4.19. The van der Waals surface area contributed by atoms with E-state index in [1.165, 1.54) is 25.3 Å². The fourth-order valence-electron chi connectivity index (χ4n) is 1.53. The molecule has 21 heavy (non-hydrogen) atoms. The number of methoxy groups -OCH3 is 2. The number of esters is 2. The molecular formula is C13H14N2O6. The number of hydrogen-bond donors (Lipinski definition) is 1. The zero-order chi connectivity index (χ0) is 16.0. The second-order valence-electron chi connectivity index (χ2n) is 3.96. The van der Waals surface area contributed by atoms with Crippen LogP contribution in [0.3, 0.4) is 0 Å². The number of nitro groups is 1. The van der Waals surface area contributed by atoms with Gasteiger partial charge in [0.1, 0.15) is 5.70 Å². The first-order valence-corrected chi connectivity index (χ1v) is 5.79.